The first-order valence-electron chi connectivity index (χ1n) is 9.81. The molecular weight excluding hydrogens is 350 g/mol. The predicted molar refractivity (Wildman–Crippen MR) is 102 cm³/mol. The second kappa shape index (κ2) is 7.72. The number of piperidine rings is 1. The molecule has 146 valence electrons. The van der Waals surface area contributed by atoms with Gasteiger partial charge in [-0.2, -0.15) is 4.31 Å². The van der Waals surface area contributed by atoms with Crippen molar-refractivity contribution in [2.45, 2.75) is 63.7 Å². The molecule has 2 saturated heterocycles. The number of sulfonamides is 1. The maximum Gasteiger partial charge on any atom is 0.257 e. The molecule has 26 heavy (non-hydrogen) atoms. The third-order valence-corrected chi connectivity index (χ3v) is 8.00. The molecule has 2 aliphatic rings. The lowest BCUT2D eigenvalue weighted by Crippen LogP contribution is -2.38. The van der Waals surface area contributed by atoms with E-state index in [0.29, 0.717) is 24.3 Å². The molecule has 0 N–H and O–H groups in total. The molecule has 0 radical (unpaired) electrons. The lowest BCUT2D eigenvalue weighted by atomic mass is 10.1. The number of carbonyl (C=O) groups excluding carboxylic acids is 1. The Morgan fingerprint density at radius 3 is 1.88 bits per heavy atom. The molecule has 0 saturated carbocycles. The highest BCUT2D eigenvalue weighted by Gasteiger charge is 2.36. The van der Waals surface area contributed by atoms with Crippen molar-refractivity contribution in [1.82, 2.24) is 13.8 Å². The third-order valence-electron chi connectivity index (χ3n) is 5.94. The van der Waals surface area contributed by atoms with Crippen LogP contribution in [0.5, 0.6) is 0 Å². The molecule has 3 heterocycles. The number of hydrogen-bond acceptors (Lipinski definition) is 3. The summed E-state index contributed by atoms with van der Waals surface area (Å²) in [6.07, 6.45) is 7.03. The van der Waals surface area contributed by atoms with Gasteiger partial charge in [-0.05, 0) is 46.0 Å². The quantitative estimate of drug-likeness (QED) is 0.809. The van der Waals surface area contributed by atoms with Crippen LogP contribution >= 0.6 is 0 Å². The fourth-order valence-electron chi connectivity index (χ4n) is 4.15. The van der Waals surface area contributed by atoms with Crippen molar-refractivity contribution in [3.63, 3.8) is 0 Å². The van der Waals surface area contributed by atoms with E-state index in [1.54, 1.807) is 4.31 Å². The molecule has 1 aromatic heterocycles. The maximum atomic E-state index is 13.5. The Morgan fingerprint density at radius 1 is 0.808 bits per heavy atom. The number of hydrogen-bond donors (Lipinski definition) is 0. The standard InChI is InChI=1S/C19H31N3O3S/c1-15-17(19(23)21-11-7-6-8-12-21)18(16(2)20(15)3)26(24,25)22-13-9-4-5-10-14-22/h4-14H2,1-3H3. The zero-order chi connectivity index (χ0) is 18.9. The zero-order valence-corrected chi connectivity index (χ0v) is 17.1. The molecule has 0 spiro atoms. The average Bonchev–Trinajstić information content (AvgIpc) is 2.85. The van der Waals surface area contributed by atoms with Crippen LogP contribution in [0.1, 0.15) is 66.7 Å². The fourth-order valence-corrected chi connectivity index (χ4v) is 6.15. The van der Waals surface area contributed by atoms with E-state index in [0.717, 1.165) is 63.7 Å². The maximum absolute atomic E-state index is 13.5. The Morgan fingerprint density at radius 2 is 1.31 bits per heavy atom. The summed E-state index contributed by atoms with van der Waals surface area (Å²) in [4.78, 5) is 15.3. The van der Waals surface area contributed by atoms with Gasteiger partial charge in [0.15, 0.2) is 0 Å². The van der Waals surface area contributed by atoms with Crippen molar-refractivity contribution < 1.29 is 13.2 Å². The highest BCUT2D eigenvalue weighted by atomic mass is 32.2. The van der Waals surface area contributed by atoms with Crippen molar-refractivity contribution in [2.24, 2.45) is 7.05 Å². The van der Waals surface area contributed by atoms with E-state index in [1.807, 2.05) is 30.4 Å². The number of amides is 1. The first-order valence-corrected chi connectivity index (χ1v) is 11.2. The van der Waals surface area contributed by atoms with Gasteiger partial charge in [0.05, 0.1) is 5.56 Å². The van der Waals surface area contributed by atoms with Gasteiger partial charge in [0.1, 0.15) is 4.90 Å². The van der Waals surface area contributed by atoms with Crippen molar-refractivity contribution >= 4 is 15.9 Å². The minimum atomic E-state index is -3.67. The minimum Gasteiger partial charge on any atom is -0.350 e. The van der Waals surface area contributed by atoms with Crippen LogP contribution in [0.3, 0.4) is 0 Å². The number of carbonyl (C=O) groups is 1. The van der Waals surface area contributed by atoms with Crippen molar-refractivity contribution in [2.75, 3.05) is 26.2 Å². The molecule has 0 atom stereocenters. The number of rotatable bonds is 3. The molecule has 0 bridgehead atoms. The average molecular weight is 382 g/mol. The Kier molecular flexibility index (Phi) is 5.77. The van der Waals surface area contributed by atoms with Gasteiger partial charge in [-0.1, -0.05) is 12.8 Å². The van der Waals surface area contributed by atoms with E-state index >= 15 is 0 Å². The monoisotopic (exact) mass is 381 g/mol. The van der Waals surface area contributed by atoms with Crippen LogP contribution in [0.25, 0.3) is 0 Å². The second-order valence-corrected chi connectivity index (χ2v) is 9.48. The third kappa shape index (κ3) is 3.43. The van der Waals surface area contributed by atoms with Crippen molar-refractivity contribution in [3.05, 3.63) is 17.0 Å². The van der Waals surface area contributed by atoms with Gasteiger partial charge in [0.2, 0.25) is 10.0 Å². The number of likely N-dealkylation sites (tertiary alicyclic amines) is 1. The topological polar surface area (TPSA) is 62.6 Å². The van der Waals surface area contributed by atoms with Gasteiger partial charge in [0, 0.05) is 44.6 Å². The Balaban J connectivity index is 2.06. The van der Waals surface area contributed by atoms with Crippen molar-refractivity contribution in [3.8, 4) is 0 Å². The summed E-state index contributed by atoms with van der Waals surface area (Å²) in [5.74, 6) is -0.126. The molecule has 7 heteroatoms. The van der Waals surface area contributed by atoms with Gasteiger partial charge >= 0.3 is 0 Å². The van der Waals surface area contributed by atoms with Crippen LogP contribution in [-0.2, 0) is 17.1 Å². The predicted octanol–water partition coefficient (Wildman–Crippen LogP) is 2.83. The van der Waals surface area contributed by atoms with Crippen LogP contribution < -0.4 is 0 Å². The summed E-state index contributed by atoms with van der Waals surface area (Å²) in [7, 11) is -1.82. The summed E-state index contributed by atoms with van der Waals surface area (Å²) in [6, 6.07) is 0. The van der Waals surface area contributed by atoms with Crippen LogP contribution in [-0.4, -0.2) is 54.3 Å². The molecule has 6 nitrogen and oxygen atoms in total. The molecule has 0 aliphatic carbocycles. The first kappa shape index (κ1) is 19.4. The molecular formula is C19H31N3O3S. The van der Waals surface area contributed by atoms with Gasteiger partial charge in [-0.15, -0.1) is 0 Å². The lowest BCUT2D eigenvalue weighted by Gasteiger charge is -2.28. The smallest absolute Gasteiger partial charge is 0.257 e. The van der Waals surface area contributed by atoms with Gasteiger partial charge in [-0.25, -0.2) is 8.42 Å². The molecule has 2 aliphatic heterocycles. The molecule has 3 rings (SSSR count). The van der Waals surface area contributed by atoms with E-state index in [-0.39, 0.29) is 10.8 Å². The van der Waals surface area contributed by atoms with Crippen LogP contribution in [0, 0.1) is 13.8 Å². The minimum absolute atomic E-state index is 0.126. The lowest BCUT2D eigenvalue weighted by molar-refractivity contribution is 0.0719. The van der Waals surface area contributed by atoms with E-state index in [1.165, 1.54) is 0 Å². The van der Waals surface area contributed by atoms with E-state index in [4.69, 9.17) is 0 Å². The Labute approximate surface area is 157 Å². The summed E-state index contributed by atoms with van der Waals surface area (Å²) < 4.78 is 30.4. The summed E-state index contributed by atoms with van der Waals surface area (Å²) >= 11 is 0. The van der Waals surface area contributed by atoms with E-state index < -0.39 is 10.0 Å². The molecule has 2 fully saturated rings. The number of aromatic nitrogens is 1. The zero-order valence-electron chi connectivity index (χ0n) is 16.3. The highest BCUT2D eigenvalue weighted by Crippen LogP contribution is 2.31. The first-order chi connectivity index (χ1) is 12.4. The second-order valence-electron chi connectivity index (χ2n) is 7.61. The van der Waals surface area contributed by atoms with E-state index in [2.05, 4.69) is 0 Å². The summed E-state index contributed by atoms with van der Waals surface area (Å²) in [5, 5.41) is 0. The fraction of sp³-hybridized carbons (Fsp3) is 0.737. The summed E-state index contributed by atoms with van der Waals surface area (Å²) in [5.41, 5.74) is 1.79. The van der Waals surface area contributed by atoms with Crippen LogP contribution in [0.2, 0.25) is 0 Å². The summed E-state index contributed by atoms with van der Waals surface area (Å²) in [6.45, 7) is 6.20. The van der Waals surface area contributed by atoms with E-state index in [9.17, 15) is 13.2 Å². The largest absolute Gasteiger partial charge is 0.350 e. The normalized spacial score (nSPS) is 20.2. The van der Waals surface area contributed by atoms with Crippen molar-refractivity contribution in [1.29, 1.82) is 0 Å². The Bertz CT molecular complexity index is 768. The SMILES string of the molecule is Cc1c(C(=O)N2CCCCC2)c(S(=O)(=O)N2CCCCCC2)c(C)n1C. The van der Waals surface area contributed by atoms with Crippen LogP contribution in [0.4, 0.5) is 0 Å². The molecule has 0 unspecified atom stereocenters. The Hall–Kier alpha value is -1.34. The molecule has 1 amide bonds. The van der Waals surface area contributed by atoms with Gasteiger partial charge in [-0.3, -0.25) is 4.79 Å². The highest BCUT2D eigenvalue weighted by molar-refractivity contribution is 7.89. The molecule has 1 aromatic rings. The number of nitrogens with zero attached hydrogens (tertiary/aromatic N) is 3. The van der Waals surface area contributed by atoms with Gasteiger partial charge in [0.25, 0.3) is 5.91 Å². The molecule has 0 aromatic carbocycles. The van der Waals surface area contributed by atoms with Gasteiger partial charge < -0.3 is 9.47 Å². The van der Waals surface area contributed by atoms with Crippen LogP contribution in [0.15, 0.2) is 4.90 Å².